The first-order valence-corrected chi connectivity index (χ1v) is 15.0. The molecular weight excluding hydrogens is 498 g/mol. The number of unbranched alkanes of at least 4 members (excludes halogenated alkanes) is 4. The molecule has 1 aliphatic heterocycles. The van der Waals surface area contributed by atoms with E-state index < -0.39 is 10.0 Å². The van der Waals surface area contributed by atoms with Crippen LogP contribution in [0.15, 0.2) is 41.6 Å². The molecule has 1 amide bonds. The third-order valence-corrected chi connectivity index (χ3v) is 8.41. The third-order valence-electron chi connectivity index (χ3n) is 6.13. The highest BCUT2D eigenvalue weighted by Crippen LogP contribution is 2.35. The molecule has 36 heavy (non-hydrogen) atoms. The summed E-state index contributed by atoms with van der Waals surface area (Å²) in [4.78, 5) is 21.0. The molecule has 0 saturated carbocycles. The SMILES string of the molecule is CCCCCCCSc1ccc2c(c1)CCN2C(=O)c1c(NS(=O)(=O)CCOC)nn2cccnc12. The van der Waals surface area contributed by atoms with Gasteiger partial charge in [0, 0.05) is 36.6 Å². The van der Waals surface area contributed by atoms with Crippen molar-refractivity contribution >= 4 is 44.8 Å². The molecule has 0 spiro atoms. The zero-order valence-corrected chi connectivity index (χ0v) is 22.4. The number of carbonyl (C=O) groups excluding carboxylic acids is 1. The molecular formula is C25H33N5O4S2. The van der Waals surface area contributed by atoms with Gasteiger partial charge in [-0.15, -0.1) is 16.9 Å². The van der Waals surface area contributed by atoms with Gasteiger partial charge in [0.15, 0.2) is 11.5 Å². The van der Waals surface area contributed by atoms with Crippen molar-refractivity contribution in [2.24, 2.45) is 0 Å². The average Bonchev–Trinajstić information content (AvgIpc) is 3.45. The summed E-state index contributed by atoms with van der Waals surface area (Å²) in [6, 6.07) is 7.89. The maximum Gasteiger partial charge on any atom is 0.266 e. The zero-order chi connectivity index (χ0) is 25.5. The van der Waals surface area contributed by atoms with Gasteiger partial charge in [-0.2, -0.15) is 0 Å². The largest absolute Gasteiger partial charge is 0.384 e. The lowest BCUT2D eigenvalue weighted by Gasteiger charge is -2.18. The first-order valence-electron chi connectivity index (χ1n) is 12.3. The summed E-state index contributed by atoms with van der Waals surface area (Å²) in [7, 11) is -2.33. The van der Waals surface area contributed by atoms with E-state index in [2.05, 4.69) is 33.9 Å². The van der Waals surface area contributed by atoms with E-state index in [4.69, 9.17) is 4.74 Å². The molecule has 9 nitrogen and oxygen atoms in total. The van der Waals surface area contributed by atoms with E-state index in [0.29, 0.717) is 12.2 Å². The monoisotopic (exact) mass is 531 g/mol. The first-order chi connectivity index (χ1) is 17.4. The van der Waals surface area contributed by atoms with Crippen LogP contribution in [-0.4, -0.2) is 60.7 Å². The topological polar surface area (TPSA) is 106 Å². The number of thioether (sulfide) groups is 1. The number of methoxy groups -OCH3 is 1. The molecule has 1 N–H and O–H groups in total. The minimum Gasteiger partial charge on any atom is -0.384 e. The van der Waals surface area contributed by atoms with Gasteiger partial charge in [-0.1, -0.05) is 32.6 Å². The standard InChI is InChI=1S/C25H33N5O4S2/c1-3-4-5-6-7-16-35-20-9-10-21-19(18-20)11-14-29(21)25(31)22-23(28-36(32,33)17-15-34-2)27-30-13-8-12-26-24(22)30/h8-10,12-13,18H,3-7,11,14-17H2,1-2H3,(H,27,28). The van der Waals surface area contributed by atoms with E-state index in [0.717, 1.165) is 23.4 Å². The van der Waals surface area contributed by atoms with Crippen LogP contribution in [0.1, 0.15) is 54.9 Å². The van der Waals surface area contributed by atoms with Crippen LogP contribution >= 0.6 is 11.8 Å². The summed E-state index contributed by atoms with van der Waals surface area (Å²) in [5.74, 6) is 0.484. The van der Waals surface area contributed by atoms with Gasteiger partial charge in [-0.25, -0.2) is 17.9 Å². The van der Waals surface area contributed by atoms with Crippen LogP contribution in [0.5, 0.6) is 0 Å². The van der Waals surface area contributed by atoms with Crippen LogP contribution in [-0.2, 0) is 21.2 Å². The van der Waals surface area contributed by atoms with E-state index in [-0.39, 0.29) is 29.6 Å². The van der Waals surface area contributed by atoms with E-state index in [9.17, 15) is 13.2 Å². The number of nitrogens with zero attached hydrogens (tertiary/aromatic N) is 4. The van der Waals surface area contributed by atoms with E-state index in [1.807, 2.05) is 17.8 Å². The van der Waals surface area contributed by atoms with Crippen LogP contribution in [0.4, 0.5) is 11.5 Å². The number of nitrogens with one attached hydrogen (secondary N) is 1. The van der Waals surface area contributed by atoms with Crippen LogP contribution in [0.3, 0.4) is 0 Å². The van der Waals surface area contributed by atoms with Gasteiger partial charge < -0.3 is 9.64 Å². The second kappa shape index (κ2) is 12.1. The normalized spacial score (nSPS) is 13.3. The second-order valence-electron chi connectivity index (χ2n) is 8.79. The average molecular weight is 532 g/mol. The Hall–Kier alpha value is -2.63. The van der Waals surface area contributed by atoms with Gasteiger partial charge in [0.05, 0.1) is 12.4 Å². The molecule has 3 aromatic rings. The molecule has 0 radical (unpaired) electrons. The minimum absolute atomic E-state index is 0.0292. The van der Waals surface area contributed by atoms with Crippen molar-refractivity contribution in [2.75, 3.05) is 41.4 Å². The molecule has 0 unspecified atom stereocenters. The smallest absolute Gasteiger partial charge is 0.266 e. The fourth-order valence-corrected chi connectivity index (χ4v) is 6.16. The summed E-state index contributed by atoms with van der Waals surface area (Å²) in [6.07, 6.45) is 10.2. The van der Waals surface area contributed by atoms with Crippen LogP contribution in [0.2, 0.25) is 0 Å². The summed E-state index contributed by atoms with van der Waals surface area (Å²) >= 11 is 1.86. The van der Waals surface area contributed by atoms with Gasteiger partial charge in [-0.3, -0.25) is 9.52 Å². The fourth-order valence-electron chi connectivity index (χ4n) is 4.26. The van der Waals surface area contributed by atoms with Crippen molar-refractivity contribution in [3.63, 3.8) is 0 Å². The van der Waals surface area contributed by atoms with Crippen molar-refractivity contribution in [3.8, 4) is 0 Å². The molecule has 0 aliphatic carbocycles. The summed E-state index contributed by atoms with van der Waals surface area (Å²) in [5.41, 5.74) is 2.40. The number of sulfonamides is 1. The van der Waals surface area contributed by atoms with Gasteiger partial charge in [0.25, 0.3) is 5.91 Å². The van der Waals surface area contributed by atoms with Crippen LogP contribution < -0.4 is 9.62 Å². The predicted molar refractivity (Wildman–Crippen MR) is 144 cm³/mol. The number of rotatable bonds is 13. The fraction of sp³-hybridized carbons (Fsp3) is 0.480. The molecule has 0 bridgehead atoms. The van der Waals surface area contributed by atoms with Crippen molar-refractivity contribution in [1.29, 1.82) is 0 Å². The number of anilines is 2. The lowest BCUT2D eigenvalue weighted by atomic mass is 10.2. The summed E-state index contributed by atoms with van der Waals surface area (Å²) < 4.78 is 33.8. The number of benzene rings is 1. The maximum absolute atomic E-state index is 13.8. The number of amides is 1. The zero-order valence-electron chi connectivity index (χ0n) is 20.8. The van der Waals surface area contributed by atoms with Crippen molar-refractivity contribution in [2.45, 2.75) is 50.3 Å². The van der Waals surface area contributed by atoms with Crippen molar-refractivity contribution in [1.82, 2.24) is 14.6 Å². The Bertz CT molecular complexity index is 1310. The highest BCUT2D eigenvalue weighted by Gasteiger charge is 2.32. The lowest BCUT2D eigenvalue weighted by Crippen LogP contribution is -2.30. The molecule has 11 heteroatoms. The van der Waals surface area contributed by atoms with Gasteiger partial charge >= 0.3 is 0 Å². The first kappa shape index (κ1) is 26.4. The Balaban J connectivity index is 1.53. The van der Waals surface area contributed by atoms with Gasteiger partial charge in [0.1, 0.15) is 5.56 Å². The molecule has 2 aromatic heterocycles. The highest BCUT2D eigenvalue weighted by atomic mass is 32.2. The van der Waals surface area contributed by atoms with Crippen molar-refractivity contribution in [3.05, 3.63) is 47.8 Å². The Morgan fingerprint density at radius 3 is 2.86 bits per heavy atom. The van der Waals surface area contributed by atoms with E-state index >= 15 is 0 Å². The number of hydrogen-bond acceptors (Lipinski definition) is 7. The lowest BCUT2D eigenvalue weighted by molar-refractivity contribution is 0.0991. The molecule has 1 aliphatic rings. The second-order valence-corrected chi connectivity index (χ2v) is 11.8. The number of carbonyl (C=O) groups is 1. The highest BCUT2D eigenvalue weighted by molar-refractivity contribution is 7.99. The van der Waals surface area contributed by atoms with Crippen LogP contribution in [0, 0.1) is 0 Å². The Kier molecular flexibility index (Phi) is 8.86. The maximum atomic E-state index is 13.8. The number of ether oxygens (including phenoxy) is 1. The molecule has 0 saturated heterocycles. The summed E-state index contributed by atoms with van der Waals surface area (Å²) in [5, 5.41) is 4.30. The molecule has 0 fully saturated rings. The Morgan fingerprint density at radius 2 is 2.06 bits per heavy atom. The third kappa shape index (κ3) is 6.19. The number of fused-ring (bicyclic) bond motifs is 2. The Labute approximate surface area is 216 Å². The van der Waals surface area contributed by atoms with Crippen LogP contribution in [0.25, 0.3) is 5.65 Å². The van der Waals surface area contributed by atoms with E-state index in [1.54, 1.807) is 23.4 Å². The molecule has 4 rings (SSSR count). The quantitative estimate of drug-likeness (QED) is 0.258. The molecule has 3 heterocycles. The Morgan fingerprint density at radius 1 is 1.22 bits per heavy atom. The number of aromatic nitrogens is 3. The predicted octanol–water partition coefficient (Wildman–Crippen LogP) is 4.38. The van der Waals surface area contributed by atoms with Gasteiger partial charge in [0.2, 0.25) is 10.0 Å². The molecule has 1 aromatic carbocycles. The van der Waals surface area contributed by atoms with Crippen molar-refractivity contribution < 1.29 is 17.9 Å². The number of hydrogen-bond donors (Lipinski definition) is 1. The molecule has 0 atom stereocenters. The summed E-state index contributed by atoms with van der Waals surface area (Å²) in [6.45, 7) is 2.77. The molecule has 194 valence electrons. The van der Waals surface area contributed by atoms with Gasteiger partial charge in [-0.05, 0) is 48.4 Å². The minimum atomic E-state index is -3.76. The van der Waals surface area contributed by atoms with E-state index in [1.165, 1.54) is 48.6 Å².